The predicted molar refractivity (Wildman–Crippen MR) is 116 cm³/mol. The summed E-state index contributed by atoms with van der Waals surface area (Å²) in [6.07, 6.45) is 2.57. The number of aliphatic imine (C=N–C) groups is 1. The Hall–Kier alpha value is -2.08. The van der Waals surface area contributed by atoms with E-state index in [2.05, 4.69) is 57.0 Å². The highest BCUT2D eigenvalue weighted by atomic mass is 16.2. The fourth-order valence-corrected chi connectivity index (χ4v) is 3.37. The standard InChI is InChI=1S/C22H37N5O/c1-17-10-12-27(13-11-17)16-19-9-7-6-8-18(19)14-24-21(23-5)25-15-20(28)26-22(2,3)4/h6-9,17H,10-16H2,1-5H3,(H,26,28)(H2,23,24,25). The zero-order valence-electron chi connectivity index (χ0n) is 18.1. The highest BCUT2D eigenvalue weighted by molar-refractivity contribution is 5.86. The van der Waals surface area contributed by atoms with Crippen molar-refractivity contribution in [3.8, 4) is 0 Å². The van der Waals surface area contributed by atoms with Crippen LogP contribution >= 0.6 is 0 Å². The Morgan fingerprint density at radius 2 is 1.79 bits per heavy atom. The molecular formula is C22H37N5O. The number of hydrogen-bond acceptors (Lipinski definition) is 3. The molecule has 2 rings (SSSR count). The lowest BCUT2D eigenvalue weighted by Crippen LogP contribution is -2.48. The molecule has 6 nitrogen and oxygen atoms in total. The number of hydrogen-bond donors (Lipinski definition) is 3. The summed E-state index contributed by atoms with van der Waals surface area (Å²) >= 11 is 0. The number of guanidine groups is 1. The first kappa shape index (κ1) is 22.2. The first-order chi connectivity index (χ1) is 13.3. The van der Waals surface area contributed by atoms with Crippen molar-refractivity contribution in [1.29, 1.82) is 0 Å². The Bertz CT molecular complexity index is 657. The fraction of sp³-hybridized carbons (Fsp3) is 0.636. The van der Waals surface area contributed by atoms with Crippen LogP contribution in [-0.4, -0.2) is 49.0 Å². The van der Waals surface area contributed by atoms with Crippen LogP contribution in [0, 0.1) is 5.92 Å². The average molecular weight is 388 g/mol. The largest absolute Gasteiger partial charge is 0.352 e. The first-order valence-corrected chi connectivity index (χ1v) is 10.3. The van der Waals surface area contributed by atoms with Crippen LogP contribution in [0.15, 0.2) is 29.3 Å². The summed E-state index contributed by atoms with van der Waals surface area (Å²) < 4.78 is 0. The van der Waals surface area contributed by atoms with Gasteiger partial charge in [0.1, 0.15) is 0 Å². The summed E-state index contributed by atoms with van der Waals surface area (Å²) in [6.45, 7) is 12.5. The van der Waals surface area contributed by atoms with Crippen LogP contribution in [0.1, 0.15) is 51.7 Å². The zero-order chi connectivity index (χ0) is 20.6. The van der Waals surface area contributed by atoms with Crippen molar-refractivity contribution in [3.63, 3.8) is 0 Å². The van der Waals surface area contributed by atoms with Gasteiger partial charge in [-0.15, -0.1) is 0 Å². The number of carbonyl (C=O) groups excluding carboxylic acids is 1. The van der Waals surface area contributed by atoms with Crippen molar-refractivity contribution in [2.24, 2.45) is 10.9 Å². The van der Waals surface area contributed by atoms with E-state index >= 15 is 0 Å². The monoisotopic (exact) mass is 387 g/mol. The molecule has 1 saturated heterocycles. The third-order valence-corrected chi connectivity index (χ3v) is 4.99. The lowest BCUT2D eigenvalue weighted by Gasteiger charge is -2.30. The maximum Gasteiger partial charge on any atom is 0.239 e. The van der Waals surface area contributed by atoms with Crippen molar-refractivity contribution in [2.75, 3.05) is 26.7 Å². The van der Waals surface area contributed by atoms with Crippen LogP contribution in [0.4, 0.5) is 0 Å². The number of benzene rings is 1. The summed E-state index contributed by atoms with van der Waals surface area (Å²) in [6, 6.07) is 8.55. The van der Waals surface area contributed by atoms with Gasteiger partial charge in [0, 0.05) is 25.7 Å². The number of amides is 1. The lowest BCUT2D eigenvalue weighted by atomic mass is 9.98. The van der Waals surface area contributed by atoms with E-state index < -0.39 is 0 Å². The molecule has 1 heterocycles. The third kappa shape index (κ3) is 7.89. The number of nitrogens with one attached hydrogen (secondary N) is 3. The Morgan fingerprint density at radius 3 is 2.39 bits per heavy atom. The number of piperidine rings is 1. The molecule has 156 valence electrons. The van der Waals surface area contributed by atoms with Crippen LogP contribution < -0.4 is 16.0 Å². The van der Waals surface area contributed by atoms with Crippen LogP contribution in [0.2, 0.25) is 0 Å². The molecule has 0 radical (unpaired) electrons. The molecule has 1 aliphatic rings. The van der Waals surface area contributed by atoms with E-state index in [0.29, 0.717) is 12.5 Å². The molecule has 1 amide bonds. The van der Waals surface area contributed by atoms with E-state index in [1.807, 2.05) is 20.8 Å². The Morgan fingerprint density at radius 1 is 1.14 bits per heavy atom. The van der Waals surface area contributed by atoms with E-state index in [1.165, 1.54) is 37.1 Å². The zero-order valence-corrected chi connectivity index (χ0v) is 18.1. The van der Waals surface area contributed by atoms with E-state index in [9.17, 15) is 4.79 Å². The van der Waals surface area contributed by atoms with Gasteiger partial charge in [0.25, 0.3) is 0 Å². The van der Waals surface area contributed by atoms with Gasteiger partial charge in [0.15, 0.2) is 5.96 Å². The molecule has 1 aromatic rings. The van der Waals surface area contributed by atoms with Gasteiger partial charge in [-0.2, -0.15) is 0 Å². The molecule has 1 aromatic carbocycles. The van der Waals surface area contributed by atoms with Gasteiger partial charge in [0.05, 0.1) is 6.54 Å². The highest BCUT2D eigenvalue weighted by Crippen LogP contribution is 2.19. The average Bonchev–Trinajstić information content (AvgIpc) is 2.63. The van der Waals surface area contributed by atoms with Gasteiger partial charge < -0.3 is 16.0 Å². The number of nitrogens with zero attached hydrogens (tertiary/aromatic N) is 2. The van der Waals surface area contributed by atoms with Crippen LogP contribution in [0.25, 0.3) is 0 Å². The van der Waals surface area contributed by atoms with E-state index in [1.54, 1.807) is 7.05 Å². The molecule has 0 spiro atoms. The molecule has 0 aliphatic carbocycles. The Kier molecular flexibility index (Phi) is 8.30. The second-order valence-electron chi connectivity index (χ2n) is 8.80. The highest BCUT2D eigenvalue weighted by Gasteiger charge is 2.17. The molecule has 6 heteroatoms. The minimum Gasteiger partial charge on any atom is -0.352 e. The molecule has 28 heavy (non-hydrogen) atoms. The summed E-state index contributed by atoms with van der Waals surface area (Å²) in [5.74, 6) is 1.43. The Labute approximate surface area is 170 Å². The third-order valence-electron chi connectivity index (χ3n) is 4.99. The van der Waals surface area contributed by atoms with Gasteiger partial charge in [-0.1, -0.05) is 31.2 Å². The maximum absolute atomic E-state index is 12.0. The normalized spacial score (nSPS) is 16.7. The molecule has 1 aliphatic heterocycles. The molecule has 3 N–H and O–H groups in total. The Balaban J connectivity index is 1.86. The van der Waals surface area contributed by atoms with Gasteiger partial charge >= 0.3 is 0 Å². The molecule has 0 bridgehead atoms. The molecule has 0 aromatic heterocycles. The van der Waals surface area contributed by atoms with Crippen molar-refractivity contribution in [1.82, 2.24) is 20.9 Å². The van der Waals surface area contributed by atoms with Crippen LogP contribution in [0.5, 0.6) is 0 Å². The van der Waals surface area contributed by atoms with Gasteiger partial charge in [-0.25, -0.2) is 0 Å². The second-order valence-corrected chi connectivity index (χ2v) is 8.80. The van der Waals surface area contributed by atoms with E-state index in [4.69, 9.17) is 0 Å². The van der Waals surface area contributed by atoms with Crippen molar-refractivity contribution in [2.45, 2.75) is 59.2 Å². The fourth-order valence-electron chi connectivity index (χ4n) is 3.37. The van der Waals surface area contributed by atoms with Crippen LogP contribution in [0.3, 0.4) is 0 Å². The minimum absolute atomic E-state index is 0.0461. The molecule has 0 unspecified atom stereocenters. The molecular weight excluding hydrogens is 350 g/mol. The SMILES string of the molecule is CN=C(NCC(=O)NC(C)(C)C)NCc1ccccc1CN1CCC(C)CC1. The minimum atomic E-state index is -0.235. The number of likely N-dealkylation sites (tertiary alicyclic amines) is 1. The predicted octanol–water partition coefficient (Wildman–Crippen LogP) is 2.50. The molecule has 1 fully saturated rings. The summed E-state index contributed by atoms with van der Waals surface area (Å²) in [5, 5.41) is 9.35. The number of rotatable bonds is 6. The summed E-state index contributed by atoms with van der Waals surface area (Å²) in [7, 11) is 1.72. The quantitative estimate of drug-likeness (QED) is 0.518. The van der Waals surface area contributed by atoms with Crippen molar-refractivity contribution >= 4 is 11.9 Å². The molecule has 0 saturated carbocycles. The lowest BCUT2D eigenvalue weighted by molar-refractivity contribution is -0.121. The van der Waals surface area contributed by atoms with Crippen molar-refractivity contribution < 1.29 is 4.79 Å². The topological polar surface area (TPSA) is 68.8 Å². The van der Waals surface area contributed by atoms with Gasteiger partial charge in [-0.05, 0) is 63.7 Å². The molecule has 0 atom stereocenters. The number of carbonyl (C=O) groups is 1. The summed E-state index contributed by atoms with van der Waals surface area (Å²) in [4.78, 5) is 18.8. The van der Waals surface area contributed by atoms with Crippen LogP contribution in [-0.2, 0) is 17.9 Å². The summed E-state index contributed by atoms with van der Waals surface area (Å²) in [5.41, 5.74) is 2.38. The smallest absolute Gasteiger partial charge is 0.239 e. The van der Waals surface area contributed by atoms with Gasteiger partial charge in [-0.3, -0.25) is 14.7 Å². The second kappa shape index (κ2) is 10.5. The maximum atomic E-state index is 12.0. The van der Waals surface area contributed by atoms with Gasteiger partial charge in [0.2, 0.25) is 5.91 Å². The van der Waals surface area contributed by atoms with E-state index in [0.717, 1.165) is 12.5 Å². The first-order valence-electron chi connectivity index (χ1n) is 10.3. The van der Waals surface area contributed by atoms with E-state index in [-0.39, 0.29) is 18.0 Å². The van der Waals surface area contributed by atoms with Crippen molar-refractivity contribution in [3.05, 3.63) is 35.4 Å².